The number of urea groups is 1. The molecule has 7 rings (SSSR count). The smallest absolute Gasteiger partial charge is 0.343 e. The summed E-state index contributed by atoms with van der Waals surface area (Å²) in [4.78, 5) is 67.2. The summed E-state index contributed by atoms with van der Waals surface area (Å²) in [7, 11) is 2.07. The van der Waals surface area contributed by atoms with E-state index < -0.39 is 23.8 Å². The minimum atomic E-state index is -0.774. The van der Waals surface area contributed by atoms with Crippen LogP contribution in [0.1, 0.15) is 82.0 Å². The van der Waals surface area contributed by atoms with Gasteiger partial charge in [0.1, 0.15) is 0 Å². The Bertz CT molecular complexity index is 1720. The molecule has 244 valence electrons. The number of aromatic nitrogens is 2. The number of fused-ring (bicyclic) bond motifs is 1. The van der Waals surface area contributed by atoms with E-state index in [9.17, 15) is 24.0 Å². The van der Waals surface area contributed by atoms with Gasteiger partial charge in [0.25, 0.3) is 11.8 Å². The van der Waals surface area contributed by atoms with E-state index in [-0.39, 0.29) is 36.4 Å². The lowest BCUT2D eigenvalue weighted by Gasteiger charge is -2.38. The molecule has 6 amide bonds. The Labute approximate surface area is 272 Å². The quantitative estimate of drug-likeness (QED) is 0.302. The van der Waals surface area contributed by atoms with Gasteiger partial charge >= 0.3 is 6.03 Å². The summed E-state index contributed by atoms with van der Waals surface area (Å²) in [5.74, 6) is -0.528. The average molecular weight is 639 g/mol. The van der Waals surface area contributed by atoms with Gasteiger partial charge in [0.15, 0.2) is 5.82 Å². The maximum Gasteiger partial charge on any atom is 0.343 e. The van der Waals surface area contributed by atoms with E-state index in [1.165, 1.54) is 19.3 Å². The molecule has 1 saturated carbocycles. The first-order valence-electron chi connectivity index (χ1n) is 16.3. The van der Waals surface area contributed by atoms with Crippen molar-refractivity contribution >= 4 is 41.2 Å². The van der Waals surface area contributed by atoms with Crippen molar-refractivity contribution in [3.63, 3.8) is 0 Å². The van der Waals surface area contributed by atoms with Crippen molar-refractivity contribution in [1.82, 2.24) is 30.4 Å². The molecule has 47 heavy (non-hydrogen) atoms. The second kappa shape index (κ2) is 12.6. The number of carbonyl (C=O) groups excluding carboxylic acids is 5. The fourth-order valence-electron chi connectivity index (χ4n) is 6.85. The van der Waals surface area contributed by atoms with Crippen LogP contribution in [0.4, 0.5) is 16.3 Å². The Balaban J connectivity index is 0.895. The summed E-state index contributed by atoms with van der Waals surface area (Å²) in [5.41, 5.74) is 4.60. The number of hydrogen-bond donors (Lipinski definition) is 3. The van der Waals surface area contributed by atoms with Gasteiger partial charge in [-0.15, -0.1) is 0 Å². The Morgan fingerprint density at radius 3 is 2.34 bits per heavy atom. The second-order valence-electron chi connectivity index (χ2n) is 12.9. The lowest BCUT2D eigenvalue weighted by molar-refractivity contribution is -0.123. The zero-order valence-electron chi connectivity index (χ0n) is 26.3. The molecule has 13 nitrogen and oxygen atoms in total. The van der Waals surface area contributed by atoms with Gasteiger partial charge < -0.3 is 10.2 Å². The molecule has 2 saturated heterocycles. The van der Waals surface area contributed by atoms with Crippen molar-refractivity contribution in [2.24, 2.45) is 0 Å². The molecule has 0 unspecified atom stereocenters. The number of nitrogens with one attached hydrogen (secondary N) is 3. The number of amides is 6. The van der Waals surface area contributed by atoms with Gasteiger partial charge in [0, 0.05) is 55.5 Å². The normalized spacial score (nSPS) is 18.9. The van der Waals surface area contributed by atoms with E-state index in [0.717, 1.165) is 58.5 Å². The van der Waals surface area contributed by atoms with Crippen molar-refractivity contribution < 1.29 is 24.0 Å². The number of hydrogen-bond acceptors (Lipinski definition) is 8. The van der Waals surface area contributed by atoms with E-state index in [0.29, 0.717) is 24.3 Å². The molecule has 3 fully saturated rings. The monoisotopic (exact) mass is 638 g/mol. The Hall–Kier alpha value is -5.04. The van der Waals surface area contributed by atoms with Gasteiger partial charge in [-0.25, -0.2) is 9.80 Å². The third-order valence-corrected chi connectivity index (χ3v) is 9.80. The third-order valence-electron chi connectivity index (χ3n) is 9.80. The maximum absolute atomic E-state index is 13.2. The molecule has 3 aromatic rings. The van der Waals surface area contributed by atoms with Crippen LogP contribution in [-0.2, 0) is 22.6 Å². The molecule has 1 aliphatic carbocycles. The van der Waals surface area contributed by atoms with Gasteiger partial charge in [0.2, 0.25) is 11.8 Å². The van der Waals surface area contributed by atoms with E-state index in [1.54, 1.807) is 12.1 Å². The molecular weight excluding hydrogens is 600 g/mol. The van der Waals surface area contributed by atoms with Crippen LogP contribution in [0.25, 0.3) is 0 Å². The van der Waals surface area contributed by atoms with Crippen LogP contribution in [0.2, 0.25) is 0 Å². The Morgan fingerprint density at radius 2 is 1.64 bits per heavy atom. The molecule has 3 N–H and O–H groups in total. The van der Waals surface area contributed by atoms with Gasteiger partial charge in [-0.1, -0.05) is 24.6 Å². The highest BCUT2D eigenvalue weighted by Gasteiger charge is 2.43. The fraction of sp³-hybridized carbons (Fsp3) is 0.412. The molecule has 3 aliphatic heterocycles. The number of benzene rings is 2. The molecule has 4 heterocycles. The highest BCUT2D eigenvalue weighted by atomic mass is 16.2. The number of imide groups is 2. The molecule has 0 radical (unpaired) electrons. The zero-order valence-corrected chi connectivity index (χ0v) is 26.3. The minimum absolute atomic E-state index is 0.0199. The Morgan fingerprint density at radius 1 is 0.915 bits per heavy atom. The number of nitrogens with zero attached hydrogens (tertiary/aromatic N) is 5. The molecule has 0 atom stereocenters. The van der Waals surface area contributed by atoms with Crippen LogP contribution < -0.4 is 15.5 Å². The Kier molecular flexibility index (Phi) is 8.22. The lowest BCUT2D eigenvalue weighted by Crippen LogP contribution is -2.58. The number of rotatable bonds is 9. The fourth-order valence-corrected chi connectivity index (χ4v) is 6.85. The zero-order chi connectivity index (χ0) is 32.7. The predicted octanol–water partition coefficient (Wildman–Crippen LogP) is 3.41. The highest BCUT2D eigenvalue weighted by molar-refractivity contribution is 6.22. The lowest BCUT2D eigenvalue weighted by atomic mass is 9.83. The SMILES string of the molecule is CN(Cc1ccc2c(c1)C(=O)N(N1CCC(=O)NC1=O)C2=O)C1CCN(c2ccc(CC(=O)Nc3cc(C4CCC4)[nH]n3)cc2)CC1. The first-order chi connectivity index (χ1) is 22.7. The first kappa shape index (κ1) is 30.6. The molecule has 0 bridgehead atoms. The predicted molar refractivity (Wildman–Crippen MR) is 172 cm³/mol. The average Bonchev–Trinajstić information content (AvgIpc) is 3.58. The van der Waals surface area contributed by atoms with Crippen LogP contribution >= 0.6 is 0 Å². The van der Waals surface area contributed by atoms with Gasteiger partial charge in [-0.05, 0) is 68.1 Å². The van der Waals surface area contributed by atoms with Crippen LogP contribution in [0.5, 0.6) is 0 Å². The summed E-state index contributed by atoms with van der Waals surface area (Å²) in [6.07, 6.45) is 5.83. The topological polar surface area (TPSA) is 151 Å². The van der Waals surface area contributed by atoms with Crippen molar-refractivity contribution in [2.45, 2.75) is 63.5 Å². The van der Waals surface area contributed by atoms with Crippen molar-refractivity contribution in [3.05, 3.63) is 76.5 Å². The summed E-state index contributed by atoms with van der Waals surface area (Å²) in [5, 5.41) is 14.2. The maximum atomic E-state index is 13.2. The van der Waals surface area contributed by atoms with Crippen LogP contribution in [0.3, 0.4) is 0 Å². The number of H-pyrrole nitrogens is 1. The van der Waals surface area contributed by atoms with E-state index >= 15 is 0 Å². The molecule has 4 aliphatic rings. The van der Waals surface area contributed by atoms with E-state index in [2.05, 4.69) is 49.8 Å². The largest absolute Gasteiger partial charge is 0.371 e. The van der Waals surface area contributed by atoms with Crippen LogP contribution in [0, 0.1) is 0 Å². The van der Waals surface area contributed by atoms with E-state index in [4.69, 9.17) is 0 Å². The minimum Gasteiger partial charge on any atom is -0.371 e. The van der Waals surface area contributed by atoms with Crippen LogP contribution in [0.15, 0.2) is 48.5 Å². The molecule has 13 heteroatoms. The van der Waals surface area contributed by atoms with Gasteiger partial charge in [0.05, 0.1) is 24.1 Å². The van der Waals surface area contributed by atoms with E-state index in [1.807, 2.05) is 24.3 Å². The summed E-state index contributed by atoms with van der Waals surface area (Å²) in [6.45, 7) is 2.36. The van der Waals surface area contributed by atoms with Crippen molar-refractivity contribution in [2.75, 3.05) is 36.9 Å². The van der Waals surface area contributed by atoms with Gasteiger partial charge in [-0.2, -0.15) is 10.1 Å². The van der Waals surface area contributed by atoms with Crippen molar-refractivity contribution in [3.8, 4) is 0 Å². The number of hydrazine groups is 1. The molecular formula is C34H38N8O5. The number of piperidine rings is 1. The second-order valence-corrected chi connectivity index (χ2v) is 12.9. The first-order valence-corrected chi connectivity index (χ1v) is 16.3. The number of anilines is 2. The molecule has 2 aromatic carbocycles. The molecule has 0 spiro atoms. The third kappa shape index (κ3) is 6.22. The summed E-state index contributed by atoms with van der Waals surface area (Å²) >= 11 is 0. The summed E-state index contributed by atoms with van der Waals surface area (Å²) < 4.78 is 0. The standard InChI is InChI=1S/C34H38N8O5/c1-39(20-22-7-10-26-27(17-22)33(46)42(32(26)45)41-16-13-30(43)36-34(41)47)24-11-14-40(15-12-24)25-8-5-21(6-9-25)18-31(44)35-29-19-28(37-38-29)23-3-2-4-23/h5-10,17,19,23-24H,2-4,11-16,18,20H2,1H3,(H,36,43,47)(H2,35,37,38,44). The summed E-state index contributed by atoms with van der Waals surface area (Å²) in [6, 6.07) is 14.9. The number of carbonyl (C=O) groups is 5. The van der Waals surface area contributed by atoms with Gasteiger partial charge in [-0.3, -0.25) is 34.5 Å². The van der Waals surface area contributed by atoms with Crippen molar-refractivity contribution in [1.29, 1.82) is 0 Å². The molecule has 1 aromatic heterocycles. The number of aromatic amines is 1. The highest BCUT2D eigenvalue weighted by Crippen LogP contribution is 2.36. The van der Waals surface area contributed by atoms with Crippen LogP contribution in [-0.4, -0.2) is 87.5 Å².